The van der Waals surface area contributed by atoms with E-state index in [0.29, 0.717) is 27.5 Å². The number of carbonyl (C=O) groups excluding carboxylic acids is 2. The molecular formula is C19H18N4O3S. The van der Waals surface area contributed by atoms with Gasteiger partial charge in [0.2, 0.25) is 5.91 Å². The zero-order valence-electron chi connectivity index (χ0n) is 14.5. The average Bonchev–Trinajstić information content (AvgIpc) is 3.34. The Morgan fingerprint density at radius 3 is 2.70 bits per heavy atom. The second-order valence-corrected chi connectivity index (χ2v) is 7.40. The monoisotopic (exact) mass is 382 g/mol. The summed E-state index contributed by atoms with van der Waals surface area (Å²) in [5.41, 5.74) is 1.04. The van der Waals surface area contributed by atoms with Gasteiger partial charge in [-0.1, -0.05) is 0 Å². The molecule has 0 atom stereocenters. The van der Waals surface area contributed by atoms with Crippen molar-refractivity contribution < 1.29 is 9.59 Å². The van der Waals surface area contributed by atoms with E-state index in [-0.39, 0.29) is 30.3 Å². The van der Waals surface area contributed by atoms with Gasteiger partial charge in [-0.2, -0.15) is 0 Å². The Hall–Kier alpha value is -3.00. The van der Waals surface area contributed by atoms with E-state index in [1.54, 1.807) is 30.3 Å². The second-order valence-electron chi connectivity index (χ2n) is 6.51. The number of fused-ring (bicyclic) bond motifs is 1. The quantitative estimate of drug-likeness (QED) is 0.685. The second kappa shape index (κ2) is 7.32. The maximum atomic E-state index is 12.3. The van der Waals surface area contributed by atoms with Crippen LogP contribution in [0.5, 0.6) is 0 Å². The molecule has 2 aromatic heterocycles. The fourth-order valence-corrected chi connectivity index (χ4v) is 3.42. The van der Waals surface area contributed by atoms with Gasteiger partial charge in [0, 0.05) is 30.3 Å². The first kappa shape index (κ1) is 17.4. The Kier molecular flexibility index (Phi) is 4.72. The Balaban J connectivity index is 1.33. The third kappa shape index (κ3) is 4.06. The van der Waals surface area contributed by atoms with E-state index in [1.165, 1.54) is 22.2 Å². The largest absolute Gasteiger partial charge is 0.349 e. The van der Waals surface area contributed by atoms with Gasteiger partial charge in [0.25, 0.3) is 11.5 Å². The molecule has 8 heteroatoms. The molecule has 7 nitrogen and oxygen atoms in total. The number of amides is 2. The van der Waals surface area contributed by atoms with Crippen LogP contribution in [0.2, 0.25) is 0 Å². The van der Waals surface area contributed by atoms with Crippen molar-refractivity contribution in [1.82, 2.24) is 14.9 Å². The van der Waals surface area contributed by atoms with Crippen LogP contribution in [0.4, 0.5) is 5.69 Å². The minimum absolute atomic E-state index is 0.0916. The molecule has 27 heavy (non-hydrogen) atoms. The Morgan fingerprint density at radius 1 is 1.19 bits per heavy atom. The predicted octanol–water partition coefficient (Wildman–Crippen LogP) is 2.38. The lowest BCUT2D eigenvalue weighted by Gasteiger charge is -2.08. The molecule has 0 bridgehead atoms. The number of hydrogen-bond donors (Lipinski definition) is 2. The molecule has 1 aromatic carbocycles. The van der Waals surface area contributed by atoms with E-state index in [4.69, 9.17) is 0 Å². The lowest BCUT2D eigenvalue weighted by atomic mass is 10.2. The zero-order valence-corrected chi connectivity index (χ0v) is 15.3. The van der Waals surface area contributed by atoms with Crippen LogP contribution in [-0.2, 0) is 11.3 Å². The number of benzene rings is 1. The number of hydrogen-bond acceptors (Lipinski definition) is 5. The molecular weight excluding hydrogens is 364 g/mol. The Bertz CT molecular complexity index is 1050. The van der Waals surface area contributed by atoms with Crippen molar-refractivity contribution in [3.63, 3.8) is 0 Å². The summed E-state index contributed by atoms with van der Waals surface area (Å²) in [5, 5.41) is 8.10. The summed E-state index contributed by atoms with van der Waals surface area (Å²) in [6.07, 6.45) is 3.71. The normalized spacial score (nSPS) is 13.5. The third-order valence-corrected chi connectivity index (χ3v) is 5.19. The first-order valence-electron chi connectivity index (χ1n) is 8.73. The highest BCUT2D eigenvalue weighted by Gasteiger charge is 2.23. The summed E-state index contributed by atoms with van der Waals surface area (Å²) >= 11 is 1.41. The lowest BCUT2D eigenvalue weighted by molar-refractivity contribution is -0.116. The molecule has 2 N–H and O–H groups in total. The molecule has 0 unspecified atom stereocenters. The molecule has 1 aliphatic carbocycles. The van der Waals surface area contributed by atoms with Crippen LogP contribution < -0.4 is 16.2 Å². The fraction of sp³-hybridized carbons (Fsp3) is 0.263. The Labute approximate surface area is 159 Å². The van der Waals surface area contributed by atoms with Gasteiger partial charge in [0.1, 0.15) is 4.83 Å². The molecule has 0 spiro atoms. The van der Waals surface area contributed by atoms with Crippen LogP contribution in [0.1, 0.15) is 29.6 Å². The van der Waals surface area contributed by atoms with E-state index in [2.05, 4.69) is 15.6 Å². The summed E-state index contributed by atoms with van der Waals surface area (Å²) in [6.45, 7) is 0.255. The van der Waals surface area contributed by atoms with Crippen LogP contribution in [0.3, 0.4) is 0 Å². The van der Waals surface area contributed by atoms with E-state index in [1.807, 2.05) is 5.38 Å². The average molecular weight is 382 g/mol. The summed E-state index contributed by atoms with van der Waals surface area (Å²) in [7, 11) is 0. The van der Waals surface area contributed by atoms with Crippen molar-refractivity contribution in [1.29, 1.82) is 0 Å². The maximum absolute atomic E-state index is 12.3. The van der Waals surface area contributed by atoms with Crippen LogP contribution in [0.25, 0.3) is 10.2 Å². The molecule has 3 aromatic rings. The van der Waals surface area contributed by atoms with Gasteiger partial charge in [-0.3, -0.25) is 19.0 Å². The molecule has 4 rings (SSSR count). The molecule has 2 heterocycles. The first-order valence-corrected chi connectivity index (χ1v) is 9.61. The third-order valence-electron chi connectivity index (χ3n) is 4.37. The number of carbonyl (C=O) groups is 2. The minimum atomic E-state index is -0.206. The summed E-state index contributed by atoms with van der Waals surface area (Å²) in [6, 6.07) is 8.82. The zero-order chi connectivity index (χ0) is 18.8. The number of rotatable bonds is 6. The highest BCUT2D eigenvalue weighted by atomic mass is 32.1. The van der Waals surface area contributed by atoms with Crippen molar-refractivity contribution in [2.24, 2.45) is 0 Å². The lowest BCUT2D eigenvalue weighted by Crippen LogP contribution is -2.25. The number of aryl methyl sites for hydroxylation is 1. The number of nitrogens with zero attached hydrogens (tertiary/aromatic N) is 2. The van der Waals surface area contributed by atoms with Gasteiger partial charge >= 0.3 is 0 Å². The molecule has 0 saturated heterocycles. The minimum Gasteiger partial charge on any atom is -0.349 e. The summed E-state index contributed by atoms with van der Waals surface area (Å²) in [4.78, 5) is 41.3. The van der Waals surface area contributed by atoms with Gasteiger partial charge in [-0.15, -0.1) is 11.3 Å². The number of anilines is 1. The SMILES string of the molecule is O=C(CCn1cnc2sccc2c1=O)Nc1ccc(C(=O)NC2CC2)cc1. The smallest absolute Gasteiger partial charge is 0.262 e. The maximum Gasteiger partial charge on any atom is 0.262 e. The van der Waals surface area contributed by atoms with Crippen LogP contribution in [-0.4, -0.2) is 27.4 Å². The van der Waals surface area contributed by atoms with Crippen molar-refractivity contribution in [3.8, 4) is 0 Å². The van der Waals surface area contributed by atoms with Gasteiger partial charge in [0.15, 0.2) is 0 Å². The van der Waals surface area contributed by atoms with Gasteiger partial charge < -0.3 is 10.6 Å². The summed E-state index contributed by atoms with van der Waals surface area (Å²) < 4.78 is 1.44. The van der Waals surface area contributed by atoms with Crippen molar-refractivity contribution in [2.45, 2.75) is 31.8 Å². The topological polar surface area (TPSA) is 93.1 Å². The number of nitrogens with one attached hydrogen (secondary N) is 2. The van der Waals surface area contributed by atoms with E-state index in [0.717, 1.165) is 12.8 Å². The van der Waals surface area contributed by atoms with Gasteiger partial charge in [0.05, 0.1) is 11.7 Å². The summed E-state index contributed by atoms with van der Waals surface area (Å²) in [5.74, 6) is -0.298. The van der Waals surface area contributed by atoms with Crippen LogP contribution in [0, 0.1) is 0 Å². The molecule has 1 aliphatic rings. The van der Waals surface area contributed by atoms with Crippen LogP contribution in [0.15, 0.2) is 46.8 Å². The van der Waals surface area contributed by atoms with E-state index in [9.17, 15) is 14.4 Å². The highest BCUT2D eigenvalue weighted by Crippen LogP contribution is 2.19. The molecule has 2 amide bonds. The standard InChI is InChI=1S/C19H18N4O3S/c24-16(7-9-23-11-20-18-15(19(23)26)8-10-27-18)21-13-3-1-12(2-4-13)17(25)22-14-5-6-14/h1-4,8,10-11,14H,5-7,9H2,(H,21,24)(H,22,25). The van der Waals surface area contributed by atoms with E-state index >= 15 is 0 Å². The molecule has 1 saturated carbocycles. The van der Waals surface area contributed by atoms with Gasteiger partial charge in [-0.05, 0) is 48.6 Å². The first-order chi connectivity index (χ1) is 13.1. The fourth-order valence-electron chi connectivity index (χ4n) is 2.70. The predicted molar refractivity (Wildman–Crippen MR) is 104 cm³/mol. The molecule has 138 valence electrons. The number of aromatic nitrogens is 2. The van der Waals surface area contributed by atoms with Crippen LogP contribution >= 0.6 is 11.3 Å². The van der Waals surface area contributed by atoms with Crippen molar-refractivity contribution in [2.75, 3.05) is 5.32 Å². The highest BCUT2D eigenvalue weighted by molar-refractivity contribution is 7.16. The van der Waals surface area contributed by atoms with Crippen molar-refractivity contribution in [3.05, 3.63) is 58.0 Å². The Morgan fingerprint density at radius 2 is 1.96 bits per heavy atom. The van der Waals surface area contributed by atoms with E-state index < -0.39 is 0 Å². The van der Waals surface area contributed by atoms with Gasteiger partial charge in [-0.25, -0.2) is 4.98 Å². The molecule has 0 aliphatic heterocycles. The van der Waals surface area contributed by atoms with Crippen molar-refractivity contribution >= 4 is 39.1 Å². The number of thiophene rings is 1. The molecule has 1 fully saturated rings. The molecule has 0 radical (unpaired) electrons.